The van der Waals surface area contributed by atoms with Crippen molar-refractivity contribution < 1.29 is 4.79 Å². The molecule has 0 saturated heterocycles. The molecule has 1 heterocycles. The van der Waals surface area contributed by atoms with Crippen LogP contribution in [0.4, 0.5) is 5.13 Å². The maximum Gasteiger partial charge on any atom is 0.226 e. The molecule has 0 spiro atoms. The van der Waals surface area contributed by atoms with Gasteiger partial charge in [-0.25, -0.2) is 4.98 Å². The van der Waals surface area contributed by atoms with Crippen LogP contribution in [-0.2, 0) is 11.2 Å². The molecule has 1 aromatic heterocycles. The SMILES string of the molecule is CCCCC(CC)CNC(=O)Cc1csc(N)n1. The van der Waals surface area contributed by atoms with Crippen molar-refractivity contribution in [3.63, 3.8) is 0 Å². The summed E-state index contributed by atoms with van der Waals surface area (Å²) in [6.07, 6.45) is 5.08. The monoisotopic (exact) mass is 269 g/mol. The molecule has 0 saturated carbocycles. The van der Waals surface area contributed by atoms with Gasteiger partial charge in [0.1, 0.15) is 0 Å². The number of nitrogens with one attached hydrogen (secondary N) is 1. The number of unbranched alkanes of at least 4 members (excludes halogenated alkanes) is 1. The van der Waals surface area contributed by atoms with Crippen LogP contribution in [0.2, 0.25) is 0 Å². The quantitative estimate of drug-likeness (QED) is 0.762. The number of anilines is 1. The lowest BCUT2D eigenvalue weighted by Gasteiger charge is -2.14. The molecule has 1 unspecified atom stereocenters. The van der Waals surface area contributed by atoms with Gasteiger partial charge in [0.25, 0.3) is 0 Å². The Morgan fingerprint density at radius 3 is 2.89 bits per heavy atom. The summed E-state index contributed by atoms with van der Waals surface area (Å²) >= 11 is 1.37. The topological polar surface area (TPSA) is 68.0 Å². The fourth-order valence-electron chi connectivity index (χ4n) is 1.83. The molecule has 0 aromatic carbocycles. The van der Waals surface area contributed by atoms with E-state index in [1.54, 1.807) is 0 Å². The second kappa shape index (κ2) is 8.08. The highest BCUT2D eigenvalue weighted by Crippen LogP contribution is 2.13. The van der Waals surface area contributed by atoms with Crippen LogP contribution in [0.15, 0.2) is 5.38 Å². The zero-order chi connectivity index (χ0) is 13.4. The van der Waals surface area contributed by atoms with E-state index in [9.17, 15) is 4.79 Å². The normalized spacial score (nSPS) is 12.3. The van der Waals surface area contributed by atoms with E-state index in [-0.39, 0.29) is 5.91 Å². The van der Waals surface area contributed by atoms with Gasteiger partial charge in [-0.1, -0.05) is 33.1 Å². The first-order chi connectivity index (χ1) is 8.65. The highest BCUT2D eigenvalue weighted by atomic mass is 32.1. The zero-order valence-electron chi connectivity index (χ0n) is 11.2. The lowest BCUT2D eigenvalue weighted by atomic mass is 9.99. The summed E-state index contributed by atoms with van der Waals surface area (Å²) in [7, 11) is 0. The molecule has 1 amide bonds. The lowest BCUT2D eigenvalue weighted by molar-refractivity contribution is -0.120. The number of carbonyl (C=O) groups is 1. The Bertz CT molecular complexity index is 365. The summed E-state index contributed by atoms with van der Waals surface area (Å²) < 4.78 is 0. The van der Waals surface area contributed by atoms with Crippen molar-refractivity contribution in [1.29, 1.82) is 0 Å². The maximum atomic E-state index is 11.7. The Kier molecular flexibility index (Phi) is 6.72. The summed E-state index contributed by atoms with van der Waals surface area (Å²) in [4.78, 5) is 15.8. The van der Waals surface area contributed by atoms with Crippen LogP contribution in [0, 0.1) is 5.92 Å². The van der Waals surface area contributed by atoms with E-state index in [4.69, 9.17) is 5.73 Å². The smallest absolute Gasteiger partial charge is 0.226 e. The van der Waals surface area contributed by atoms with Crippen molar-refractivity contribution >= 4 is 22.4 Å². The number of rotatable bonds is 8. The van der Waals surface area contributed by atoms with E-state index in [1.807, 2.05) is 5.38 Å². The first kappa shape index (κ1) is 15.0. The van der Waals surface area contributed by atoms with Crippen LogP contribution in [0.25, 0.3) is 0 Å². The Morgan fingerprint density at radius 2 is 2.33 bits per heavy atom. The first-order valence-corrected chi connectivity index (χ1v) is 7.50. The fourth-order valence-corrected chi connectivity index (χ4v) is 2.40. The number of thiazole rings is 1. The van der Waals surface area contributed by atoms with Gasteiger partial charge in [-0.05, 0) is 12.3 Å². The molecule has 1 rings (SSSR count). The Balaban J connectivity index is 2.27. The fraction of sp³-hybridized carbons (Fsp3) is 0.692. The molecule has 1 aromatic rings. The minimum absolute atomic E-state index is 0.0373. The van der Waals surface area contributed by atoms with Crippen LogP contribution in [-0.4, -0.2) is 17.4 Å². The van der Waals surface area contributed by atoms with Crippen molar-refractivity contribution in [3.05, 3.63) is 11.1 Å². The number of nitrogens with two attached hydrogens (primary N) is 1. The van der Waals surface area contributed by atoms with Gasteiger partial charge in [0.2, 0.25) is 5.91 Å². The van der Waals surface area contributed by atoms with E-state index in [0.29, 0.717) is 17.5 Å². The van der Waals surface area contributed by atoms with Crippen molar-refractivity contribution in [2.24, 2.45) is 5.92 Å². The number of amides is 1. The Morgan fingerprint density at radius 1 is 1.56 bits per heavy atom. The van der Waals surface area contributed by atoms with E-state index in [0.717, 1.165) is 18.7 Å². The molecule has 5 heteroatoms. The predicted octanol–water partition coefficient (Wildman–Crippen LogP) is 2.60. The van der Waals surface area contributed by atoms with Gasteiger partial charge < -0.3 is 11.1 Å². The molecule has 0 aliphatic heterocycles. The van der Waals surface area contributed by atoms with Crippen molar-refractivity contribution in [3.8, 4) is 0 Å². The molecule has 0 radical (unpaired) electrons. The summed E-state index contributed by atoms with van der Waals surface area (Å²) in [5.41, 5.74) is 6.29. The summed E-state index contributed by atoms with van der Waals surface area (Å²) in [6.45, 7) is 5.14. The Hall–Kier alpha value is -1.10. The third-order valence-electron chi connectivity index (χ3n) is 3.04. The summed E-state index contributed by atoms with van der Waals surface area (Å²) in [6, 6.07) is 0. The van der Waals surface area contributed by atoms with E-state index in [2.05, 4.69) is 24.1 Å². The molecule has 0 aliphatic carbocycles. The third kappa shape index (κ3) is 5.49. The van der Waals surface area contributed by atoms with Gasteiger partial charge >= 0.3 is 0 Å². The minimum Gasteiger partial charge on any atom is -0.375 e. The lowest BCUT2D eigenvalue weighted by Crippen LogP contribution is -2.30. The molecular formula is C13H23N3OS. The van der Waals surface area contributed by atoms with Gasteiger partial charge in [-0.15, -0.1) is 11.3 Å². The average Bonchev–Trinajstić information content (AvgIpc) is 2.75. The van der Waals surface area contributed by atoms with Gasteiger partial charge in [-0.2, -0.15) is 0 Å². The van der Waals surface area contributed by atoms with Gasteiger partial charge in [-0.3, -0.25) is 4.79 Å². The number of nitrogen functional groups attached to an aromatic ring is 1. The molecule has 18 heavy (non-hydrogen) atoms. The summed E-state index contributed by atoms with van der Waals surface area (Å²) in [5, 5.41) is 5.34. The van der Waals surface area contributed by atoms with Gasteiger partial charge in [0.05, 0.1) is 12.1 Å². The van der Waals surface area contributed by atoms with Crippen LogP contribution in [0.3, 0.4) is 0 Å². The summed E-state index contributed by atoms with van der Waals surface area (Å²) in [5.74, 6) is 0.629. The highest BCUT2D eigenvalue weighted by Gasteiger charge is 2.10. The standard InChI is InChI=1S/C13H23N3OS/c1-3-5-6-10(4-2)8-15-12(17)7-11-9-18-13(14)16-11/h9-10H,3-8H2,1-2H3,(H2,14,16)(H,15,17). The average molecular weight is 269 g/mol. The van der Waals surface area contributed by atoms with E-state index >= 15 is 0 Å². The van der Waals surface area contributed by atoms with Crippen molar-refractivity contribution in [2.75, 3.05) is 12.3 Å². The second-order valence-corrected chi connectivity index (χ2v) is 5.46. The minimum atomic E-state index is 0.0373. The number of hydrogen-bond acceptors (Lipinski definition) is 4. The van der Waals surface area contributed by atoms with Gasteiger partial charge in [0.15, 0.2) is 5.13 Å². The largest absolute Gasteiger partial charge is 0.375 e. The Labute approximate surface area is 113 Å². The van der Waals surface area contributed by atoms with Crippen LogP contribution in [0.5, 0.6) is 0 Å². The number of nitrogens with zero attached hydrogens (tertiary/aromatic N) is 1. The molecular weight excluding hydrogens is 246 g/mol. The molecule has 3 N–H and O–H groups in total. The molecule has 102 valence electrons. The van der Waals surface area contributed by atoms with E-state index < -0.39 is 0 Å². The zero-order valence-corrected chi connectivity index (χ0v) is 12.1. The molecule has 1 atom stereocenters. The number of hydrogen-bond donors (Lipinski definition) is 2. The van der Waals surface area contributed by atoms with Crippen LogP contribution >= 0.6 is 11.3 Å². The second-order valence-electron chi connectivity index (χ2n) is 4.57. The molecule has 0 bridgehead atoms. The van der Waals surface area contributed by atoms with Crippen molar-refractivity contribution in [1.82, 2.24) is 10.3 Å². The van der Waals surface area contributed by atoms with Crippen LogP contribution < -0.4 is 11.1 Å². The number of carbonyl (C=O) groups excluding carboxylic acids is 1. The molecule has 4 nitrogen and oxygen atoms in total. The highest BCUT2D eigenvalue weighted by molar-refractivity contribution is 7.13. The third-order valence-corrected chi connectivity index (χ3v) is 3.77. The van der Waals surface area contributed by atoms with Crippen molar-refractivity contribution in [2.45, 2.75) is 46.0 Å². The molecule has 0 fully saturated rings. The maximum absolute atomic E-state index is 11.7. The van der Waals surface area contributed by atoms with E-state index in [1.165, 1.54) is 30.6 Å². The van der Waals surface area contributed by atoms with Gasteiger partial charge in [0, 0.05) is 11.9 Å². The van der Waals surface area contributed by atoms with Crippen LogP contribution in [0.1, 0.15) is 45.2 Å². The first-order valence-electron chi connectivity index (χ1n) is 6.62. The number of aromatic nitrogens is 1. The predicted molar refractivity (Wildman–Crippen MR) is 76.5 cm³/mol. The molecule has 0 aliphatic rings.